The van der Waals surface area contributed by atoms with Crippen LogP contribution in [0, 0.1) is 11.2 Å². The predicted molar refractivity (Wildman–Crippen MR) is 136 cm³/mol. The van der Waals surface area contributed by atoms with Crippen LogP contribution in [0.4, 0.5) is 21.7 Å². The Balaban J connectivity index is 0.00000122. The van der Waals surface area contributed by atoms with Crippen molar-refractivity contribution in [2.75, 3.05) is 17.7 Å². The van der Waals surface area contributed by atoms with Crippen molar-refractivity contribution >= 4 is 35.1 Å². The molecule has 0 saturated heterocycles. The van der Waals surface area contributed by atoms with Crippen molar-refractivity contribution in [1.82, 2.24) is 9.97 Å². The largest absolute Gasteiger partial charge is 0.495 e. The lowest BCUT2D eigenvalue weighted by Gasteiger charge is -2.17. The Labute approximate surface area is 198 Å². The van der Waals surface area contributed by atoms with E-state index in [1.165, 1.54) is 18.3 Å². The van der Waals surface area contributed by atoms with Crippen LogP contribution in [0.2, 0.25) is 5.02 Å². The molecule has 0 aliphatic rings. The third kappa shape index (κ3) is 6.89. The zero-order valence-corrected chi connectivity index (χ0v) is 19.6. The fraction of sp³-hybridized carbons (Fsp3) is 0.160. The molecule has 3 aromatic rings. The summed E-state index contributed by atoms with van der Waals surface area (Å²) in [4.78, 5) is 9.12. The molecule has 2 aromatic carbocycles. The summed E-state index contributed by atoms with van der Waals surface area (Å²) in [5, 5.41) is 14.7. The summed E-state index contributed by atoms with van der Waals surface area (Å²) in [5.41, 5.74) is 1.76. The number of hydrogen-bond donors (Lipinski definition) is 3. The average molecular weight is 468 g/mol. The summed E-state index contributed by atoms with van der Waals surface area (Å²) in [6, 6.07) is 11.0. The summed E-state index contributed by atoms with van der Waals surface area (Å²) in [5.74, 6) is 1.43. The highest BCUT2D eigenvalue weighted by Crippen LogP contribution is 2.31. The van der Waals surface area contributed by atoms with Gasteiger partial charge in [0, 0.05) is 23.5 Å². The van der Waals surface area contributed by atoms with E-state index in [1.807, 2.05) is 13.8 Å². The molecule has 0 amide bonds. The molecular formula is C25H27ClFN5O. The fourth-order valence-electron chi connectivity index (χ4n) is 2.69. The lowest BCUT2D eigenvalue weighted by Crippen LogP contribution is -2.16. The van der Waals surface area contributed by atoms with Gasteiger partial charge in [0.25, 0.3) is 0 Å². The van der Waals surface area contributed by atoms with E-state index in [0.29, 0.717) is 45.0 Å². The quantitative estimate of drug-likeness (QED) is 0.249. The van der Waals surface area contributed by atoms with Crippen LogP contribution in [0.1, 0.15) is 19.4 Å². The number of rotatable bonds is 8. The maximum atomic E-state index is 13.4. The first kappa shape index (κ1) is 25.5. The second kappa shape index (κ2) is 12.4. The first-order valence-electron chi connectivity index (χ1n) is 10.1. The van der Waals surface area contributed by atoms with Crippen LogP contribution in [-0.2, 0) is 0 Å². The van der Waals surface area contributed by atoms with Gasteiger partial charge in [-0.05, 0) is 56.3 Å². The van der Waals surface area contributed by atoms with E-state index in [1.54, 1.807) is 49.6 Å². The molecule has 1 unspecified atom stereocenters. The molecule has 8 heteroatoms. The summed E-state index contributed by atoms with van der Waals surface area (Å²) in [7, 11) is 1.54. The number of hydrogen-bond acceptors (Lipinski definition) is 6. The van der Waals surface area contributed by atoms with Crippen molar-refractivity contribution in [2.24, 2.45) is 0 Å². The SMILES string of the molecule is C=CC.C=CC(C)Nc1nc(-c2ccc(F)cc2)nc(Nc2ccc(OC)c(Cl)c2)c1C=N. The van der Waals surface area contributed by atoms with E-state index < -0.39 is 0 Å². The average Bonchev–Trinajstić information content (AvgIpc) is 2.80. The number of anilines is 3. The van der Waals surface area contributed by atoms with Crippen LogP contribution in [0.3, 0.4) is 0 Å². The maximum absolute atomic E-state index is 13.4. The van der Waals surface area contributed by atoms with Gasteiger partial charge in [0.2, 0.25) is 0 Å². The third-order valence-corrected chi connectivity index (χ3v) is 4.62. The van der Waals surface area contributed by atoms with Gasteiger partial charge in [-0.1, -0.05) is 23.8 Å². The number of benzene rings is 2. The van der Waals surface area contributed by atoms with Crippen molar-refractivity contribution in [3.05, 3.63) is 84.2 Å². The zero-order valence-electron chi connectivity index (χ0n) is 18.8. The molecule has 1 aromatic heterocycles. The van der Waals surface area contributed by atoms with Crippen molar-refractivity contribution in [2.45, 2.75) is 19.9 Å². The standard InChI is InChI=1S/C22H21ClFN5O.C3H6/c1-4-13(2)26-21-17(12-25)22(27-16-9-10-19(30-3)18(23)11-16)29-20(28-21)14-5-7-15(24)8-6-14;1-3-2/h4-13,25H,1H2,2-3H3,(H2,26,27,28,29);3H,1H2,2H3. The predicted octanol–water partition coefficient (Wildman–Crippen LogP) is 6.86. The molecule has 0 saturated carbocycles. The van der Waals surface area contributed by atoms with Crippen molar-refractivity contribution in [3.8, 4) is 17.1 Å². The smallest absolute Gasteiger partial charge is 0.163 e. The number of aromatic nitrogens is 2. The Kier molecular flexibility index (Phi) is 9.57. The first-order chi connectivity index (χ1) is 15.9. The minimum Gasteiger partial charge on any atom is -0.495 e. The second-order valence-corrected chi connectivity index (χ2v) is 7.27. The Hall–Kier alpha value is -3.71. The van der Waals surface area contributed by atoms with Crippen LogP contribution >= 0.6 is 11.6 Å². The molecule has 0 bridgehead atoms. The second-order valence-electron chi connectivity index (χ2n) is 6.86. The molecule has 3 rings (SSSR count). The van der Waals surface area contributed by atoms with Gasteiger partial charge in [-0.25, -0.2) is 14.4 Å². The van der Waals surface area contributed by atoms with Crippen molar-refractivity contribution < 1.29 is 9.13 Å². The summed E-state index contributed by atoms with van der Waals surface area (Å²) < 4.78 is 18.5. The number of methoxy groups -OCH3 is 1. The van der Waals surface area contributed by atoms with Gasteiger partial charge in [0.1, 0.15) is 23.2 Å². The number of nitrogens with one attached hydrogen (secondary N) is 3. The first-order valence-corrected chi connectivity index (χ1v) is 10.5. The molecule has 1 atom stereocenters. The van der Waals surface area contributed by atoms with Crippen LogP contribution in [0.5, 0.6) is 5.75 Å². The summed E-state index contributed by atoms with van der Waals surface area (Å²) in [6.45, 7) is 10.9. The highest BCUT2D eigenvalue weighted by molar-refractivity contribution is 6.32. The van der Waals surface area contributed by atoms with Gasteiger partial charge >= 0.3 is 0 Å². The van der Waals surface area contributed by atoms with E-state index in [-0.39, 0.29) is 11.9 Å². The fourth-order valence-corrected chi connectivity index (χ4v) is 2.95. The highest BCUT2D eigenvalue weighted by atomic mass is 35.5. The molecule has 33 heavy (non-hydrogen) atoms. The normalized spacial score (nSPS) is 10.8. The lowest BCUT2D eigenvalue weighted by molar-refractivity contribution is 0.415. The monoisotopic (exact) mass is 467 g/mol. The van der Waals surface area contributed by atoms with E-state index in [0.717, 1.165) is 0 Å². The zero-order chi connectivity index (χ0) is 24.4. The number of nitrogens with zero attached hydrogens (tertiary/aromatic N) is 2. The summed E-state index contributed by atoms with van der Waals surface area (Å²) >= 11 is 6.23. The Bertz CT molecular complexity index is 1120. The van der Waals surface area contributed by atoms with Crippen LogP contribution in [0.25, 0.3) is 11.4 Å². The van der Waals surface area contributed by atoms with Crippen LogP contribution in [0.15, 0.2) is 67.8 Å². The molecule has 0 spiro atoms. The number of halogens is 2. The molecular weight excluding hydrogens is 441 g/mol. The molecule has 1 heterocycles. The molecule has 172 valence electrons. The molecule has 3 N–H and O–H groups in total. The van der Waals surface area contributed by atoms with Crippen LogP contribution in [-0.4, -0.2) is 29.3 Å². The highest BCUT2D eigenvalue weighted by Gasteiger charge is 2.16. The lowest BCUT2D eigenvalue weighted by atomic mass is 10.2. The molecule has 0 aliphatic carbocycles. The minimum atomic E-state index is -0.347. The molecule has 0 fully saturated rings. The third-order valence-electron chi connectivity index (χ3n) is 4.32. The van der Waals surface area contributed by atoms with Crippen LogP contribution < -0.4 is 15.4 Å². The minimum absolute atomic E-state index is 0.0945. The van der Waals surface area contributed by atoms with Gasteiger partial charge in [0.15, 0.2) is 5.82 Å². The number of allylic oxidation sites excluding steroid dienone is 1. The molecule has 0 aliphatic heterocycles. The van der Waals surface area contributed by atoms with Gasteiger partial charge < -0.3 is 20.8 Å². The Morgan fingerprint density at radius 2 is 1.76 bits per heavy atom. The van der Waals surface area contributed by atoms with E-state index in [9.17, 15) is 4.39 Å². The van der Waals surface area contributed by atoms with E-state index >= 15 is 0 Å². The molecule has 0 radical (unpaired) electrons. The molecule has 6 nitrogen and oxygen atoms in total. The van der Waals surface area contributed by atoms with Gasteiger partial charge in [-0.2, -0.15) is 0 Å². The van der Waals surface area contributed by atoms with E-state index in [2.05, 4.69) is 33.8 Å². The van der Waals surface area contributed by atoms with Gasteiger partial charge in [-0.3, -0.25) is 0 Å². The number of ether oxygens (including phenoxy) is 1. The maximum Gasteiger partial charge on any atom is 0.163 e. The Morgan fingerprint density at radius 1 is 1.12 bits per heavy atom. The van der Waals surface area contributed by atoms with Gasteiger partial charge in [-0.15, -0.1) is 13.2 Å². The van der Waals surface area contributed by atoms with E-state index in [4.69, 9.17) is 21.7 Å². The van der Waals surface area contributed by atoms with Crippen molar-refractivity contribution in [1.29, 1.82) is 5.41 Å². The topological polar surface area (TPSA) is 82.9 Å². The van der Waals surface area contributed by atoms with Crippen molar-refractivity contribution in [3.63, 3.8) is 0 Å². The summed E-state index contributed by atoms with van der Waals surface area (Å²) in [6.07, 6.45) is 4.64. The van der Waals surface area contributed by atoms with Gasteiger partial charge in [0.05, 0.1) is 17.7 Å². The Morgan fingerprint density at radius 3 is 2.30 bits per heavy atom.